The highest BCUT2D eigenvalue weighted by Crippen LogP contribution is 2.22. The average molecular weight is 424 g/mol. The molecule has 2 aromatic carbocycles. The lowest BCUT2D eigenvalue weighted by Crippen LogP contribution is -2.16. The predicted molar refractivity (Wildman–Crippen MR) is 124 cm³/mol. The smallest absolute Gasteiger partial charge is 0.234 e. The van der Waals surface area contributed by atoms with Crippen LogP contribution in [0.2, 0.25) is 0 Å². The van der Waals surface area contributed by atoms with E-state index in [1.54, 1.807) is 0 Å². The molecule has 1 aromatic heterocycles. The third kappa shape index (κ3) is 5.21. The summed E-state index contributed by atoms with van der Waals surface area (Å²) in [4.78, 5) is 12.4. The van der Waals surface area contributed by atoms with Crippen molar-refractivity contribution in [1.29, 1.82) is 0 Å². The van der Waals surface area contributed by atoms with E-state index in [1.165, 1.54) is 22.9 Å². The normalized spacial score (nSPS) is 10.8. The van der Waals surface area contributed by atoms with E-state index in [-0.39, 0.29) is 11.7 Å². The fraction of sp³-hybridized carbons (Fsp3) is 0.348. The molecule has 0 radical (unpaired) electrons. The summed E-state index contributed by atoms with van der Waals surface area (Å²) in [5.41, 5.74) is 6.65. The van der Waals surface area contributed by atoms with Gasteiger partial charge in [-0.3, -0.25) is 4.79 Å². The summed E-state index contributed by atoms with van der Waals surface area (Å²) >= 11 is 1.41. The Balaban J connectivity index is 1.61. The number of nitrogens with one attached hydrogen (secondary N) is 2. The van der Waals surface area contributed by atoms with Gasteiger partial charge in [0.15, 0.2) is 11.0 Å². The van der Waals surface area contributed by atoms with Crippen LogP contribution >= 0.6 is 11.8 Å². The Kier molecular flexibility index (Phi) is 7.15. The lowest BCUT2D eigenvalue weighted by atomic mass is 10.1. The molecule has 3 rings (SSSR count). The van der Waals surface area contributed by atoms with E-state index in [4.69, 9.17) is 0 Å². The van der Waals surface area contributed by atoms with Crippen molar-refractivity contribution in [1.82, 2.24) is 14.8 Å². The van der Waals surface area contributed by atoms with Gasteiger partial charge in [0.25, 0.3) is 0 Å². The molecule has 0 fully saturated rings. The summed E-state index contributed by atoms with van der Waals surface area (Å²) in [5, 5.41) is 15.8. The molecule has 0 unspecified atom stereocenters. The van der Waals surface area contributed by atoms with E-state index >= 15 is 0 Å². The van der Waals surface area contributed by atoms with E-state index < -0.39 is 0 Å². The average Bonchev–Trinajstić information content (AvgIpc) is 3.11. The standard InChI is InChI=1S/C23H29N5OS/c1-6-28-21(13-24-19-11-10-15(2)12-17(19)4)26-27-23(28)30-14-22(29)25-20-9-7-8-16(3)18(20)5/h7-12,24H,6,13-14H2,1-5H3,(H,25,29). The van der Waals surface area contributed by atoms with E-state index in [0.717, 1.165) is 40.0 Å². The number of anilines is 2. The van der Waals surface area contributed by atoms with Gasteiger partial charge in [0.05, 0.1) is 12.3 Å². The molecule has 158 valence electrons. The molecule has 0 aliphatic heterocycles. The molecule has 0 saturated heterocycles. The van der Waals surface area contributed by atoms with Crippen LogP contribution in [0.15, 0.2) is 41.6 Å². The van der Waals surface area contributed by atoms with Gasteiger partial charge in [-0.25, -0.2) is 0 Å². The van der Waals surface area contributed by atoms with Crippen molar-refractivity contribution < 1.29 is 4.79 Å². The number of aryl methyl sites for hydroxylation is 3. The highest BCUT2D eigenvalue weighted by Gasteiger charge is 2.14. The molecule has 3 aromatic rings. The highest BCUT2D eigenvalue weighted by atomic mass is 32.2. The van der Waals surface area contributed by atoms with Crippen LogP contribution in [-0.4, -0.2) is 26.4 Å². The minimum absolute atomic E-state index is 0.0469. The summed E-state index contributed by atoms with van der Waals surface area (Å²) in [6, 6.07) is 12.3. The number of nitrogens with zero attached hydrogens (tertiary/aromatic N) is 3. The van der Waals surface area contributed by atoms with Gasteiger partial charge in [-0.1, -0.05) is 41.6 Å². The number of amides is 1. The van der Waals surface area contributed by atoms with Gasteiger partial charge in [0.2, 0.25) is 5.91 Å². The zero-order chi connectivity index (χ0) is 21.7. The van der Waals surface area contributed by atoms with Crippen LogP contribution in [0.5, 0.6) is 0 Å². The number of carbonyl (C=O) groups is 1. The van der Waals surface area contributed by atoms with Crippen molar-refractivity contribution in [3.63, 3.8) is 0 Å². The first-order chi connectivity index (χ1) is 14.4. The van der Waals surface area contributed by atoms with Crippen molar-refractivity contribution in [2.24, 2.45) is 0 Å². The van der Waals surface area contributed by atoms with Crippen molar-refractivity contribution in [2.45, 2.75) is 52.9 Å². The van der Waals surface area contributed by atoms with Gasteiger partial charge in [-0.05, 0) is 63.4 Å². The van der Waals surface area contributed by atoms with Crippen LogP contribution in [0.3, 0.4) is 0 Å². The minimum Gasteiger partial charge on any atom is -0.378 e. The van der Waals surface area contributed by atoms with Crippen molar-refractivity contribution in [2.75, 3.05) is 16.4 Å². The molecule has 0 aliphatic carbocycles. The first kappa shape index (κ1) is 21.9. The lowest BCUT2D eigenvalue weighted by Gasteiger charge is -2.12. The molecule has 30 heavy (non-hydrogen) atoms. The number of rotatable bonds is 8. The van der Waals surface area contributed by atoms with Gasteiger partial charge in [0, 0.05) is 17.9 Å². The third-order valence-electron chi connectivity index (χ3n) is 5.14. The predicted octanol–water partition coefficient (Wildman–Crippen LogP) is 4.87. The van der Waals surface area contributed by atoms with Gasteiger partial charge < -0.3 is 15.2 Å². The minimum atomic E-state index is -0.0469. The van der Waals surface area contributed by atoms with Gasteiger partial charge in [0.1, 0.15) is 0 Å². The second-order valence-electron chi connectivity index (χ2n) is 7.40. The van der Waals surface area contributed by atoms with E-state index in [0.29, 0.717) is 6.54 Å². The molecule has 0 atom stereocenters. The monoisotopic (exact) mass is 423 g/mol. The molecule has 0 bridgehead atoms. The van der Waals surface area contributed by atoms with E-state index in [2.05, 4.69) is 59.8 Å². The zero-order valence-electron chi connectivity index (χ0n) is 18.2. The molecule has 1 amide bonds. The summed E-state index contributed by atoms with van der Waals surface area (Å²) < 4.78 is 2.05. The Hall–Kier alpha value is -2.80. The highest BCUT2D eigenvalue weighted by molar-refractivity contribution is 7.99. The lowest BCUT2D eigenvalue weighted by molar-refractivity contribution is -0.113. The summed E-state index contributed by atoms with van der Waals surface area (Å²) in [6.07, 6.45) is 0. The van der Waals surface area contributed by atoms with E-state index in [1.807, 2.05) is 36.6 Å². The van der Waals surface area contributed by atoms with Crippen LogP contribution in [-0.2, 0) is 17.9 Å². The van der Waals surface area contributed by atoms with Crippen LogP contribution in [0.1, 0.15) is 35.0 Å². The maximum Gasteiger partial charge on any atom is 0.234 e. The number of hydrogen-bond acceptors (Lipinski definition) is 5. The summed E-state index contributed by atoms with van der Waals surface area (Å²) in [6.45, 7) is 11.6. The third-order valence-corrected chi connectivity index (χ3v) is 6.11. The van der Waals surface area contributed by atoms with Crippen LogP contribution < -0.4 is 10.6 Å². The number of thioether (sulfide) groups is 1. The molecule has 6 nitrogen and oxygen atoms in total. The number of aromatic nitrogens is 3. The summed E-state index contributed by atoms with van der Waals surface area (Å²) in [7, 11) is 0. The fourth-order valence-electron chi connectivity index (χ4n) is 3.26. The molecule has 0 aliphatic rings. The molecular formula is C23H29N5OS. The van der Waals surface area contributed by atoms with Gasteiger partial charge in [-0.15, -0.1) is 10.2 Å². The Morgan fingerprint density at radius 1 is 1.03 bits per heavy atom. The maximum atomic E-state index is 12.4. The molecule has 0 saturated carbocycles. The number of hydrogen-bond donors (Lipinski definition) is 2. The molecule has 0 spiro atoms. The Labute approximate surface area is 182 Å². The van der Waals surface area contributed by atoms with Gasteiger partial charge >= 0.3 is 0 Å². The molecule has 7 heteroatoms. The summed E-state index contributed by atoms with van der Waals surface area (Å²) in [5.74, 6) is 1.10. The van der Waals surface area contributed by atoms with Crippen molar-refractivity contribution in [3.8, 4) is 0 Å². The first-order valence-corrected chi connectivity index (χ1v) is 11.1. The number of benzene rings is 2. The Morgan fingerprint density at radius 3 is 2.57 bits per heavy atom. The van der Waals surface area contributed by atoms with Gasteiger partial charge in [-0.2, -0.15) is 0 Å². The Morgan fingerprint density at radius 2 is 1.83 bits per heavy atom. The SMILES string of the molecule is CCn1c(CNc2ccc(C)cc2C)nnc1SCC(=O)Nc1cccc(C)c1C. The van der Waals surface area contributed by atoms with E-state index in [9.17, 15) is 4.79 Å². The molecular weight excluding hydrogens is 394 g/mol. The molecule has 2 N–H and O–H groups in total. The largest absolute Gasteiger partial charge is 0.378 e. The zero-order valence-corrected chi connectivity index (χ0v) is 19.1. The second kappa shape index (κ2) is 9.80. The van der Waals surface area contributed by atoms with Crippen LogP contribution in [0.25, 0.3) is 0 Å². The van der Waals surface area contributed by atoms with Crippen LogP contribution in [0, 0.1) is 27.7 Å². The van der Waals surface area contributed by atoms with Crippen LogP contribution in [0.4, 0.5) is 11.4 Å². The maximum absolute atomic E-state index is 12.4. The second-order valence-corrected chi connectivity index (χ2v) is 8.34. The quantitative estimate of drug-likeness (QED) is 0.506. The fourth-order valence-corrected chi connectivity index (χ4v) is 4.08. The topological polar surface area (TPSA) is 71.8 Å². The van der Waals surface area contributed by atoms with Crippen molar-refractivity contribution in [3.05, 3.63) is 64.5 Å². The van der Waals surface area contributed by atoms with Crippen molar-refractivity contribution >= 4 is 29.0 Å². The number of carbonyl (C=O) groups excluding carboxylic acids is 1. The first-order valence-electron chi connectivity index (χ1n) is 10.1. The molecule has 1 heterocycles. The Bertz CT molecular complexity index is 1040.